The van der Waals surface area contributed by atoms with Crippen LogP contribution in [0.1, 0.15) is 25.7 Å². The highest BCUT2D eigenvalue weighted by Gasteiger charge is 2.16. The minimum absolute atomic E-state index is 0.396. The van der Waals surface area contributed by atoms with Crippen LogP contribution in [0.15, 0.2) is 36.5 Å². The van der Waals surface area contributed by atoms with Crippen molar-refractivity contribution < 1.29 is 14.3 Å². The van der Waals surface area contributed by atoms with E-state index in [9.17, 15) is 4.79 Å². The van der Waals surface area contributed by atoms with Gasteiger partial charge in [-0.3, -0.25) is 0 Å². The Hall–Kier alpha value is -3.13. The minimum atomic E-state index is -0.752. The SMILES string of the molecule is COC(=O)Oc1ccc2nc(-c3ccc(NCCCC4CCN(C)CC4)nc3)[nH]c2c1. The number of fused-ring (bicyclic) bond motifs is 1. The lowest BCUT2D eigenvalue weighted by molar-refractivity contribution is 0.121. The zero-order valence-corrected chi connectivity index (χ0v) is 18.1. The number of nitrogens with zero attached hydrogens (tertiary/aromatic N) is 3. The normalized spacial score (nSPS) is 15.2. The molecule has 3 heterocycles. The average Bonchev–Trinajstić information content (AvgIpc) is 3.21. The van der Waals surface area contributed by atoms with E-state index in [2.05, 4.69) is 37.0 Å². The summed E-state index contributed by atoms with van der Waals surface area (Å²) in [4.78, 5) is 26.1. The molecule has 3 aromatic rings. The molecule has 0 spiro atoms. The molecule has 1 aliphatic rings. The molecule has 8 heteroatoms. The monoisotopic (exact) mass is 423 g/mol. The summed E-state index contributed by atoms with van der Waals surface area (Å²) in [5.41, 5.74) is 2.44. The van der Waals surface area contributed by atoms with Crippen LogP contribution in [0.25, 0.3) is 22.4 Å². The number of carbonyl (C=O) groups excluding carboxylic acids is 1. The number of rotatable bonds is 7. The molecule has 1 fully saturated rings. The molecule has 0 amide bonds. The van der Waals surface area contributed by atoms with Crippen molar-refractivity contribution in [3.05, 3.63) is 36.5 Å². The van der Waals surface area contributed by atoms with Gasteiger partial charge in [-0.2, -0.15) is 0 Å². The van der Waals surface area contributed by atoms with Gasteiger partial charge >= 0.3 is 6.16 Å². The summed E-state index contributed by atoms with van der Waals surface area (Å²) in [6.07, 6.45) is 6.13. The van der Waals surface area contributed by atoms with E-state index in [1.54, 1.807) is 18.2 Å². The Morgan fingerprint density at radius 2 is 2.10 bits per heavy atom. The summed E-state index contributed by atoms with van der Waals surface area (Å²) in [5, 5.41) is 3.42. The van der Waals surface area contributed by atoms with Crippen LogP contribution in [0, 0.1) is 5.92 Å². The Balaban J connectivity index is 1.31. The summed E-state index contributed by atoms with van der Waals surface area (Å²) in [7, 11) is 3.48. The number of pyridine rings is 1. The number of hydrogen-bond donors (Lipinski definition) is 2. The fraction of sp³-hybridized carbons (Fsp3) is 0.435. The lowest BCUT2D eigenvalue weighted by Gasteiger charge is -2.28. The second kappa shape index (κ2) is 9.78. The van der Waals surface area contributed by atoms with Crippen LogP contribution in [0.3, 0.4) is 0 Å². The summed E-state index contributed by atoms with van der Waals surface area (Å²) in [6, 6.07) is 9.16. The van der Waals surface area contributed by atoms with Crippen LogP contribution < -0.4 is 10.1 Å². The zero-order chi connectivity index (χ0) is 21.6. The first-order chi connectivity index (χ1) is 15.1. The maximum absolute atomic E-state index is 11.3. The number of methoxy groups -OCH3 is 1. The second-order valence-corrected chi connectivity index (χ2v) is 8.07. The molecule has 0 saturated carbocycles. The van der Waals surface area contributed by atoms with Gasteiger partial charge in [0, 0.05) is 24.4 Å². The van der Waals surface area contributed by atoms with E-state index in [4.69, 9.17) is 4.74 Å². The van der Waals surface area contributed by atoms with Gasteiger partial charge in [0.1, 0.15) is 17.4 Å². The first-order valence-electron chi connectivity index (χ1n) is 10.7. The molecule has 0 atom stereocenters. The third kappa shape index (κ3) is 5.52. The van der Waals surface area contributed by atoms with Gasteiger partial charge in [0.05, 0.1) is 18.1 Å². The van der Waals surface area contributed by atoms with E-state index in [1.165, 1.54) is 39.5 Å². The molecule has 1 saturated heterocycles. The van der Waals surface area contributed by atoms with Crippen molar-refractivity contribution in [3.63, 3.8) is 0 Å². The number of aromatic amines is 1. The predicted molar refractivity (Wildman–Crippen MR) is 120 cm³/mol. The van der Waals surface area contributed by atoms with E-state index in [-0.39, 0.29) is 0 Å². The van der Waals surface area contributed by atoms with E-state index >= 15 is 0 Å². The van der Waals surface area contributed by atoms with Gasteiger partial charge in [-0.15, -0.1) is 0 Å². The van der Waals surface area contributed by atoms with E-state index in [0.29, 0.717) is 11.6 Å². The van der Waals surface area contributed by atoms with Crippen LogP contribution in [-0.2, 0) is 4.74 Å². The van der Waals surface area contributed by atoms with Crippen molar-refractivity contribution >= 4 is 23.0 Å². The van der Waals surface area contributed by atoms with Crippen LogP contribution in [-0.4, -0.2) is 59.8 Å². The number of likely N-dealkylation sites (tertiary alicyclic amines) is 1. The van der Waals surface area contributed by atoms with Crippen LogP contribution >= 0.6 is 0 Å². The fourth-order valence-electron chi connectivity index (χ4n) is 3.92. The molecule has 2 N–H and O–H groups in total. The number of benzene rings is 1. The number of hydrogen-bond acceptors (Lipinski definition) is 7. The molecule has 2 aromatic heterocycles. The summed E-state index contributed by atoms with van der Waals surface area (Å²) in [6.45, 7) is 3.39. The summed E-state index contributed by atoms with van der Waals surface area (Å²) >= 11 is 0. The number of nitrogens with one attached hydrogen (secondary N) is 2. The first kappa shape index (κ1) is 21.1. The van der Waals surface area contributed by atoms with Crippen LogP contribution in [0.5, 0.6) is 5.75 Å². The van der Waals surface area contributed by atoms with Crippen molar-refractivity contribution in [2.75, 3.05) is 39.1 Å². The molecule has 0 unspecified atom stereocenters. The zero-order valence-electron chi connectivity index (χ0n) is 18.1. The molecule has 0 aliphatic carbocycles. The van der Waals surface area contributed by atoms with Gasteiger partial charge < -0.3 is 24.7 Å². The third-order valence-electron chi connectivity index (χ3n) is 5.79. The highest BCUT2D eigenvalue weighted by atomic mass is 16.7. The first-order valence-corrected chi connectivity index (χ1v) is 10.7. The molecule has 4 rings (SSSR count). The van der Waals surface area contributed by atoms with Crippen LogP contribution in [0.4, 0.5) is 10.6 Å². The standard InChI is InChI=1S/C23H29N5O3/c1-28-12-9-16(10-13-28)4-3-11-24-21-8-5-17(15-25-21)22-26-19-7-6-18(14-20(19)27-22)31-23(29)30-2/h5-8,14-16H,3-4,9-13H2,1-2H3,(H,24,25)(H,26,27). The minimum Gasteiger partial charge on any atom is -0.437 e. The summed E-state index contributed by atoms with van der Waals surface area (Å²) in [5.74, 6) is 2.84. The quantitative estimate of drug-likeness (QED) is 0.332. The van der Waals surface area contributed by atoms with Gasteiger partial charge in [-0.1, -0.05) is 0 Å². The largest absolute Gasteiger partial charge is 0.513 e. The number of piperidine rings is 1. The number of anilines is 1. The van der Waals surface area contributed by atoms with E-state index in [1.807, 2.05) is 18.3 Å². The van der Waals surface area contributed by atoms with Crippen molar-refractivity contribution in [3.8, 4) is 17.1 Å². The fourth-order valence-corrected chi connectivity index (χ4v) is 3.92. The van der Waals surface area contributed by atoms with E-state index < -0.39 is 6.16 Å². The lowest BCUT2D eigenvalue weighted by Crippen LogP contribution is -2.30. The van der Waals surface area contributed by atoms with Gasteiger partial charge in [-0.05, 0) is 76.0 Å². The van der Waals surface area contributed by atoms with Crippen molar-refractivity contribution in [1.82, 2.24) is 19.9 Å². The van der Waals surface area contributed by atoms with Crippen molar-refractivity contribution in [2.24, 2.45) is 5.92 Å². The second-order valence-electron chi connectivity index (χ2n) is 8.07. The predicted octanol–water partition coefficient (Wildman–Crippen LogP) is 4.30. The van der Waals surface area contributed by atoms with Gasteiger partial charge in [-0.25, -0.2) is 14.8 Å². The van der Waals surface area contributed by atoms with E-state index in [0.717, 1.165) is 41.3 Å². The molecule has 0 radical (unpaired) electrons. The topological polar surface area (TPSA) is 92.4 Å². The molecular weight excluding hydrogens is 394 g/mol. The molecule has 31 heavy (non-hydrogen) atoms. The highest BCUT2D eigenvalue weighted by Crippen LogP contribution is 2.25. The molecule has 1 aliphatic heterocycles. The van der Waals surface area contributed by atoms with Crippen molar-refractivity contribution in [1.29, 1.82) is 0 Å². The number of carbonyl (C=O) groups is 1. The summed E-state index contributed by atoms with van der Waals surface area (Å²) < 4.78 is 9.58. The molecule has 1 aromatic carbocycles. The highest BCUT2D eigenvalue weighted by molar-refractivity contribution is 5.81. The van der Waals surface area contributed by atoms with Gasteiger partial charge in [0.2, 0.25) is 0 Å². The lowest BCUT2D eigenvalue weighted by atomic mass is 9.92. The third-order valence-corrected chi connectivity index (χ3v) is 5.79. The number of ether oxygens (including phenoxy) is 2. The maximum Gasteiger partial charge on any atom is 0.513 e. The van der Waals surface area contributed by atoms with Gasteiger partial charge in [0.25, 0.3) is 0 Å². The smallest absolute Gasteiger partial charge is 0.437 e. The van der Waals surface area contributed by atoms with Crippen LogP contribution in [0.2, 0.25) is 0 Å². The molecule has 0 bridgehead atoms. The maximum atomic E-state index is 11.3. The Morgan fingerprint density at radius 1 is 1.26 bits per heavy atom. The molecule has 164 valence electrons. The molecule has 8 nitrogen and oxygen atoms in total. The number of H-pyrrole nitrogens is 1. The Bertz CT molecular complexity index is 1010. The average molecular weight is 424 g/mol. The number of imidazole rings is 1. The Labute approximate surface area is 182 Å². The molecular formula is C23H29N5O3. The Morgan fingerprint density at radius 3 is 2.84 bits per heavy atom. The van der Waals surface area contributed by atoms with Gasteiger partial charge in [0.15, 0.2) is 0 Å². The Kier molecular flexibility index (Phi) is 6.66. The number of aromatic nitrogens is 3. The van der Waals surface area contributed by atoms with Crippen molar-refractivity contribution in [2.45, 2.75) is 25.7 Å².